The number of nitrogens with one attached hydrogen (secondary N) is 2. The van der Waals surface area contributed by atoms with Crippen LogP contribution in [-0.2, 0) is 4.79 Å². The van der Waals surface area contributed by atoms with Gasteiger partial charge >= 0.3 is 6.03 Å². The van der Waals surface area contributed by atoms with E-state index in [1.54, 1.807) is 17.0 Å². The molecule has 6 heteroatoms. The molecule has 0 aromatic heterocycles. The van der Waals surface area contributed by atoms with Crippen molar-refractivity contribution in [1.29, 1.82) is 0 Å². The predicted octanol–water partition coefficient (Wildman–Crippen LogP) is 3.96. The molecule has 0 radical (unpaired) electrons. The molecule has 26 heavy (non-hydrogen) atoms. The summed E-state index contributed by atoms with van der Waals surface area (Å²) in [5, 5.41) is 6.72. The summed E-state index contributed by atoms with van der Waals surface area (Å²) < 4.78 is 0. The third-order valence-electron chi connectivity index (χ3n) is 5.32. The van der Waals surface area contributed by atoms with Crippen molar-refractivity contribution in [3.63, 3.8) is 0 Å². The minimum Gasteiger partial charge on any atom is -0.335 e. The summed E-state index contributed by atoms with van der Waals surface area (Å²) in [6.07, 6.45) is 3.52. The molecule has 0 bridgehead atoms. The number of benzene rings is 1. The number of urea groups is 1. The van der Waals surface area contributed by atoms with Crippen LogP contribution in [0.5, 0.6) is 0 Å². The molecule has 142 valence electrons. The molecule has 1 aromatic rings. The second-order valence-corrected chi connectivity index (χ2v) is 9.05. The summed E-state index contributed by atoms with van der Waals surface area (Å²) >= 11 is 5.91. The molecule has 2 N–H and O–H groups in total. The first-order valence-electron chi connectivity index (χ1n) is 9.35. The Balaban J connectivity index is 1.54. The van der Waals surface area contributed by atoms with Gasteiger partial charge in [0, 0.05) is 29.7 Å². The molecule has 1 saturated heterocycles. The van der Waals surface area contributed by atoms with Gasteiger partial charge in [-0.05, 0) is 54.9 Å². The Kier molecular flexibility index (Phi) is 5.47. The average molecular weight is 378 g/mol. The number of rotatable bonds is 3. The molecule has 1 aliphatic carbocycles. The standard InChI is InChI=1S/C20H28ClN3O2/c1-13-8-15(11-20(2,3)10-13)22-19(26)23-16-9-18(25)24(12-16)17-6-4-14(21)5-7-17/h4-7,13,15-16H,8-12H2,1-3H3,(H2,22,23,26)/t13-,15-,16-/m1/s1. The van der Waals surface area contributed by atoms with Crippen molar-refractivity contribution in [2.75, 3.05) is 11.4 Å². The van der Waals surface area contributed by atoms with Crippen LogP contribution < -0.4 is 15.5 Å². The maximum Gasteiger partial charge on any atom is 0.315 e. The van der Waals surface area contributed by atoms with Crippen molar-refractivity contribution in [1.82, 2.24) is 10.6 Å². The Morgan fingerprint density at radius 3 is 2.46 bits per heavy atom. The Hall–Kier alpha value is -1.75. The first-order valence-corrected chi connectivity index (χ1v) is 9.72. The van der Waals surface area contributed by atoms with Crippen molar-refractivity contribution >= 4 is 29.2 Å². The number of halogens is 1. The second-order valence-electron chi connectivity index (χ2n) is 8.61. The molecule has 1 aliphatic heterocycles. The van der Waals surface area contributed by atoms with Gasteiger partial charge in [-0.25, -0.2) is 4.79 Å². The lowest BCUT2D eigenvalue weighted by molar-refractivity contribution is -0.117. The number of anilines is 1. The molecule has 3 atom stereocenters. The zero-order chi connectivity index (χ0) is 18.9. The van der Waals surface area contributed by atoms with Crippen LogP contribution in [0.4, 0.5) is 10.5 Å². The highest BCUT2D eigenvalue weighted by molar-refractivity contribution is 6.30. The normalized spacial score (nSPS) is 28.1. The van der Waals surface area contributed by atoms with Gasteiger partial charge in [-0.1, -0.05) is 32.4 Å². The highest BCUT2D eigenvalue weighted by atomic mass is 35.5. The fraction of sp³-hybridized carbons (Fsp3) is 0.600. The molecule has 1 saturated carbocycles. The molecule has 0 spiro atoms. The molecule has 5 nitrogen and oxygen atoms in total. The van der Waals surface area contributed by atoms with Gasteiger partial charge in [0.15, 0.2) is 0 Å². The summed E-state index contributed by atoms with van der Waals surface area (Å²) in [5.74, 6) is 0.627. The summed E-state index contributed by atoms with van der Waals surface area (Å²) in [4.78, 5) is 26.4. The lowest BCUT2D eigenvalue weighted by Gasteiger charge is -2.39. The molecule has 1 heterocycles. The number of hydrogen-bond acceptors (Lipinski definition) is 2. The van der Waals surface area contributed by atoms with E-state index in [0.717, 1.165) is 18.5 Å². The van der Waals surface area contributed by atoms with E-state index in [0.29, 0.717) is 23.9 Å². The van der Waals surface area contributed by atoms with E-state index >= 15 is 0 Å². The predicted molar refractivity (Wildman–Crippen MR) is 104 cm³/mol. The van der Waals surface area contributed by atoms with Crippen molar-refractivity contribution in [3.05, 3.63) is 29.3 Å². The first-order chi connectivity index (χ1) is 12.2. The highest BCUT2D eigenvalue weighted by Gasteiger charge is 2.34. The third kappa shape index (κ3) is 4.70. The quantitative estimate of drug-likeness (QED) is 0.837. The second kappa shape index (κ2) is 7.47. The maximum atomic E-state index is 12.4. The van der Waals surface area contributed by atoms with E-state index in [4.69, 9.17) is 11.6 Å². The van der Waals surface area contributed by atoms with E-state index in [1.165, 1.54) is 6.42 Å². The zero-order valence-electron chi connectivity index (χ0n) is 15.7. The van der Waals surface area contributed by atoms with Gasteiger partial charge in [-0.15, -0.1) is 0 Å². The SMILES string of the molecule is C[C@@H]1C[C@@H](NC(=O)N[C@@H]2CC(=O)N(c3ccc(Cl)cc3)C2)CC(C)(C)C1. The number of nitrogens with zero attached hydrogens (tertiary/aromatic N) is 1. The van der Waals surface area contributed by atoms with Crippen LogP contribution in [0.15, 0.2) is 24.3 Å². The molecule has 3 amide bonds. The Bertz CT molecular complexity index is 674. The van der Waals surface area contributed by atoms with E-state index < -0.39 is 0 Å². The summed E-state index contributed by atoms with van der Waals surface area (Å²) in [7, 11) is 0. The van der Waals surface area contributed by atoms with E-state index in [1.807, 2.05) is 12.1 Å². The van der Waals surface area contributed by atoms with Crippen LogP contribution >= 0.6 is 11.6 Å². The highest BCUT2D eigenvalue weighted by Crippen LogP contribution is 2.38. The van der Waals surface area contributed by atoms with E-state index in [2.05, 4.69) is 31.4 Å². The molecule has 1 aromatic carbocycles. The van der Waals surface area contributed by atoms with Gasteiger partial charge in [-0.2, -0.15) is 0 Å². The number of hydrogen-bond donors (Lipinski definition) is 2. The van der Waals surface area contributed by atoms with Crippen LogP contribution in [0.2, 0.25) is 5.02 Å². The van der Waals surface area contributed by atoms with E-state index in [9.17, 15) is 9.59 Å². The average Bonchev–Trinajstić information content (AvgIpc) is 2.86. The summed E-state index contributed by atoms with van der Waals surface area (Å²) in [5.41, 5.74) is 1.07. The van der Waals surface area contributed by atoms with Crippen molar-refractivity contribution in [2.24, 2.45) is 11.3 Å². The van der Waals surface area contributed by atoms with Gasteiger partial charge in [0.05, 0.1) is 6.04 Å². The van der Waals surface area contributed by atoms with Crippen LogP contribution in [0.3, 0.4) is 0 Å². The number of carbonyl (C=O) groups is 2. The van der Waals surface area contributed by atoms with E-state index in [-0.39, 0.29) is 29.4 Å². The largest absolute Gasteiger partial charge is 0.335 e. The fourth-order valence-electron chi connectivity index (χ4n) is 4.54. The van der Waals surface area contributed by atoms with Crippen LogP contribution in [0.25, 0.3) is 0 Å². The monoisotopic (exact) mass is 377 g/mol. The molecule has 2 fully saturated rings. The first kappa shape index (κ1) is 19.0. The molecular formula is C20H28ClN3O2. The maximum absolute atomic E-state index is 12.4. The minimum atomic E-state index is -0.174. The van der Waals surface area contributed by atoms with Crippen molar-refractivity contribution in [2.45, 2.75) is 58.5 Å². The number of amides is 3. The van der Waals surface area contributed by atoms with Crippen LogP contribution in [-0.4, -0.2) is 30.6 Å². The fourth-order valence-corrected chi connectivity index (χ4v) is 4.67. The Morgan fingerprint density at radius 2 is 1.81 bits per heavy atom. The zero-order valence-corrected chi connectivity index (χ0v) is 16.5. The van der Waals surface area contributed by atoms with Crippen LogP contribution in [0, 0.1) is 11.3 Å². The lowest BCUT2D eigenvalue weighted by Crippen LogP contribution is -2.50. The molecular weight excluding hydrogens is 350 g/mol. The van der Waals surface area contributed by atoms with Crippen LogP contribution in [0.1, 0.15) is 46.5 Å². The van der Waals surface area contributed by atoms with Gasteiger partial charge < -0.3 is 15.5 Å². The van der Waals surface area contributed by atoms with Crippen molar-refractivity contribution in [3.8, 4) is 0 Å². The third-order valence-corrected chi connectivity index (χ3v) is 5.57. The number of carbonyl (C=O) groups excluding carboxylic acids is 2. The lowest BCUT2D eigenvalue weighted by atomic mass is 9.71. The van der Waals surface area contributed by atoms with Gasteiger partial charge in [0.2, 0.25) is 5.91 Å². The van der Waals surface area contributed by atoms with Gasteiger partial charge in [0.25, 0.3) is 0 Å². The Labute approximate surface area is 160 Å². The molecule has 0 unspecified atom stereocenters. The summed E-state index contributed by atoms with van der Waals surface area (Å²) in [6.45, 7) is 7.25. The topological polar surface area (TPSA) is 61.4 Å². The van der Waals surface area contributed by atoms with Gasteiger partial charge in [-0.3, -0.25) is 4.79 Å². The van der Waals surface area contributed by atoms with Gasteiger partial charge in [0.1, 0.15) is 0 Å². The minimum absolute atomic E-state index is 0.0186. The van der Waals surface area contributed by atoms with Crippen molar-refractivity contribution < 1.29 is 9.59 Å². The molecule has 2 aliphatic rings. The summed E-state index contributed by atoms with van der Waals surface area (Å²) in [6, 6.07) is 7.04. The smallest absolute Gasteiger partial charge is 0.315 e. The molecule has 3 rings (SSSR count). The Morgan fingerprint density at radius 1 is 1.15 bits per heavy atom.